The number of thiocarbonyl (C=S) groups is 1. The smallest absolute Gasteiger partial charge is 0.263 e. The molecule has 4 rings (SSSR count). The van der Waals surface area contributed by atoms with Gasteiger partial charge in [0.05, 0.1) is 10.9 Å². The van der Waals surface area contributed by atoms with Crippen LogP contribution in [-0.2, 0) is 11.3 Å². The van der Waals surface area contributed by atoms with Crippen LogP contribution in [0.5, 0.6) is 0 Å². The Morgan fingerprint density at radius 1 is 0.941 bits per heavy atom. The van der Waals surface area contributed by atoms with Gasteiger partial charge in [-0.2, -0.15) is 0 Å². The first kappa shape index (κ1) is 23.9. The number of para-hydroxylation sites is 2. The number of benzene rings is 3. The minimum atomic E-state index is -0.481. The SMILES string of the molecule is O=C(Cn1c(Nc2ccccc2)nc2c(Br)cc(Br)cc2c1=O)NNC(=S)Nc1ccccc1. The number of aromatic nitrogens is 2. The van der Waals surface area contributed by atoms with Crippen LogP contribution >= 0.6 is 44.1 Å². The Labute approximate surface area is 217 Å². The van der Waals surface area contributed by atoms with Gasteiger partial charge in [-0.05, 0) is 64.5 Å². The highest BCUT2D eigenvalue weighted by Crippen LogP contribution is 2.27. The summed E-state index contributed by atoms with van der Waals surface area (Å²) in [5.74, 6) is -0.252. The van der Waals surface area contributed by atoms with Crippen molar-refractivity contribution in [1.82, 2.24) is 20.4 Å². The zero-order chi connectivity index (χ0) is 24.1. The molecule has 11 heteroatoms. The maximum atomic E-state index is 13.4. The maximum absolute atomic E-state index is 13.4. The summed E-state index contributed by atoms with van der Waals surface area (Å²) >= 11 is 12.1. The molecule has 4 N–H and O–H groups in total. The summed E-state index contributed by atoms with van der Waals surface area (Å²) in [4.78, 5) is 30.7. The van der Waals surface area contributed by atoms with Gasteiger partial charge in [0.2, 0.25) is 5.95 Å². The van der Waals surface area contributed by atoms with Crippen LogP contribution in [-0.4, -0.2) is 20.6 Å². The minimum Gasteiger partial charge on any atom is -0.331 e. The first-order chi connectivity index (χ1) is 16.4. The molecule has 3 aromatic carbocycles. The molecule has 0 fully saturated rings. The molecule has 1 aromatic heterocycles. The topological polar surface area (TPSA) is 100 Å². The standard InChI is InChI=1S/C23H18Br2N6O2S/c24-14-11-17-20(18(25)12-14)28-22(26-15-7-3-1-4-8-15)31(21(17)33)13-19(32)29-30-23(34)27-16-9-5-2-6-10-16/h1-12H,13H2,(H,26,28)(H,29,32)(H2,27,30,34). The van der Waals surface area contributed by atoms with E-state index in [1.165, 1.54) is 4.57 Å². The quantitative estimate of drug-likeness (QED) is 0.195. The lowest BCUT2D eigenvalue weighted by molar-refractivity contribution is -0.122. The van der Waals surface area contributed by atoms with Crippen molar-refractivity contribution in [3.05, 3.63) is 92.1 Å². The van der Waals surface area contributed by atoms with Crippen molar-refractivity contribution in [2.45, 2.75) is 6.54 Å². The average Bonchev–Trinajstić information content (AvgIpc) is 2.82. The highest BCUT2D eigenvalue weighted by Gasteiger charge is 2.17. The molecule has 0 unspecified atom stereocenters. The molecule has 0 radical (unpaired) electrons. The van der Waals surface area contributed by atoms with E-state index in [0.717, 1.165) is 11.4 Å². The molecule has 0 saturated carbocycles. The van der Waals surface area contributed by atoms with Gasteiger partial charge in [-0.3, -0.25) is 25.0 Å². The van der Waals surface area contributed by atoms with Gasteiger partial charge in [0.1, 0.15) is 6.54 Å². The number of carbonyl (C=O) groups excluding carboxylic acids is 1. The molecule has 0 bridgehead atoms. The third-order valence-corrected chi connectivity index (χ3v) is 5.92. The molecule has 0 saturated heterocycles. The van der Waals surface area contributed by atoms with Crippen molar-refractivity contribution >= 4 is 83.3 Å². The number of nitrogens with one attached hydrogen (secondary N) is 4. The lowest BCUT2D eigenvalue weighted by Crippen LogP contribution is -2.46. The third kappa shape index (κ3) is 5.79. The summed E-state index contributed by atoms with van der Waals surface area (Å²) in [5, 5.41) is 6.66. The van der Waals surface area contributed by atoms with Gasteiger partial charge >= 0.3 is 0 Å². The molecule has 1 heterocycles. The van der Waals surface area contributed by atoms with Gasteiger partial charge in [-0.15, -0.1) is 0 Å². The molecule has 0 aliphatic heterocycles. The zero-order valence-corrected chi connectivity index (χ0v) is 21.5. The van der Waals surface area contributed by atoms with Crippen LogP contribution in [0.2, 0.25) is 0 Å². The predicted octanol–water partition coefficient (Wildman–Crippen LogP) is 4.68. The largest absolute Gasteiger partial charge is 0.331 e. The number of rotatable bonds is 5. The van der Waals surface area contributed by atoms with E-state index >= 15 is 0 Å². The van der Waals surface area contributed by atoms with Crippen LogP contribution in [0.25, 0.3) is 10.9 Å². The molecular weight excluding hydrogens is 584 g/mol. The van der Waals surface area contributed by atoms with E-state index in [4.69, 9.17) is 12.2 Å². The van der Waals surface area contributed by atoms with Crippen LogP contribution < -0.4 is 27.0 Å². The zero-order valence-electron chi connectivity index (χ0n) is 17.5. The second-order valence-corrected chi connectivity index (χ2v) is 9.27. The second-order valence-electron chi connectivity index (χ2n) is 7.09. The van der Waals surface area contributed by atoms with Crippen molar-refractivity contribution in [3.8, 4) is 0 Å². The van der Waals surface area contributed by atoms with Gasteiger partial charge in [0.15, 0.2) is 5.11 Å². The molecule has 0 spiro atoms. The second kappa shape index (κ2) is 10.8. The summed E-state index contributed by atoms with van der Waals surface area (Å²) in [6, 6.07) is 22.0. The van der Waals surface area contributed by atoms with E-state index in [2.05, 4.69) is 58.3 Å². The van der Waals surface area contributed by atoms with Gasteiger partial charge < -0.3 is 10.6 Å². The molecule has 0 aliphatic rings. The van der Waals surface area contributed by atoms with Gasteiger partial charge in [-0.25, -0.2) is 4.98 Å². The van der Waals surface area contributed by atoms with Crippen molar-refractivity contribution in [2.75, 3.05) is 10.6 Å². The van der Waals surface area contributed by atoms with Crippen LogP contribution in [0.15, 0.2) is 86.5 Å². The number of hydrogen-bond donors (Lipinski definition) is 4. The molecule has 0 aliphatic carbocycles. The van der Waals surface area contributed by atoms with Gasteiger partial charge in [-0.1, -0.05) is 52.3 Å². The van der Waals surface area contributed by atoms with E-state index in [1.807, 2.05) is 66.7 Å². The molecule has 0 atom stereocenters. The monoisotopic (exact) mass is 600 g/mol. The Hall–Kier alpha value is -3.28. The first-order valence-corrected chi connectivity index (χ1v) is 12.0. The normalized spacial score (nSPS) is 10.5. The van der Waals surface area contributed by atoms with Crippen LogP contribution in [0.3, 0.4) is 0 Å². The van der Waals surface area contributed by atoms with E-state index in [0.29, 0.717) is 19.8 Å². The number of fused-ring (bicyclic) bond motifs is 1. The Bertz CT molecular complexity index is 1410. The fraction of sp³-hybridized carbons (Fsp3) is 0.0435. The average molecular weight is 602 g/mol. The van der Waals surface area contributed by atoms with Crippen LogP contribution in [0.1, 0.15) is 0 Å². The summed E-state index contributed by atoms with van der Waals surface area (Å²) in [6.45, 7) is -0.290. The van der Waals surface area contributed by atoms with Crippen LogP contribution in [0.4, 0.5) is 17.3 Å². The fourth-order valence-electron chi connectivity index (χ4n) is 3.14. The molecule has 8 nitrogen and oxygen atoms in total. The predicted molar refractivity (Wildman–Crippen MR) is 145 cm³/mol. The molecule has 172 valence electrons. The summed E-state index contributed by atoms with van der Waals surface area (Å²) in [7, 11) is 0. The lowest BCUT2D eigenvalue weighted by atomic mass is 10.2. The summed E-state index contributed by atoms with van der Waals surface area (Å²) in [6.07, 6.45) is 0. The van der Waals surface area contributed by atoms with Crippen molar-refractivity contribution in [3.63, 3.8) is 0 Å². The number of nitrogens with zero attached hydrogens (tertiary/aromatic N) is 2. The van der Waals surface area contributed by atoms with Gasteiger partial charge in [0.25, 0.3) is 11.5 Å². The molecular formula is C23H18Br2N6O2S. The van der Waals surface area contributed by atoms with Crippen molar-refractivity contribution in [1.29, 1.82) is 0 Å². The number of hydrogen-bond acceptors (Lipinski definition) is 5. The molecule has 1 amide bonds. The minimum absolute atomic E-state index is 0.207. The number of carbonyl (C=O) groups is 1. The highest BCUT2D eigenvalue weighted by atomic mass is 79.9. The fourth-order valence-corrected chi connectivity index (χ4v) is 4.62. The first-order valence-electron chi connectivity index (χ1n) is 10.0. The number of hydrazine groups is 1. The van der Waals surface area contributed by atoms with E-state index in [9.17, 15) is 9.59 Å². The molecule has 34 heavy (non-hydrogen) atoms. The Kier molecular flexibility index (Phi) is 7.56. The van der Waals surface area contributed by atoms with Crippen molar-refractivity contribution in [2.24, 2.45) is 0 Å². The Balaban J connectivity index is 1.58. The van der Waals surface area contributed by atoms with Gasteiger partial charge in [0, 0.05) is 20.3 Å². The third-order valence-electron chi connectivity index (χ3n) is 4.66. The summed E-state index contributed by atoms with van der Waals surface area (Å²) < 4.78 is 2.64. The van der Waals surface area contributed by atoms with E-state index in [-0.39, 0.29) is 23.2 Å². The number of halogens is 2. The lowest BCUT2D eigenvalue weighted by Gasteiger charge is -2.16. The Morgan fingerprint density at radius 3 is 2.26 bits per heavy atom. The maximum Gasteiger partial charge on any atom is 0.263 e. The Morgan fingerprint density at radius 2 is 1.59 bits per heavy atom. The summed E-state index contributed by atoms with van der Waals surface area (Å²) in [5.41, 5.74) is 6.77. The number of amides is 1. The van der Waals surface area contributed by atoms with Crippen LogP contribution in [0, 0.1) is 0 Å². The molecule has 4 aromatic rings. The highest BCUT2D eigenvalue weighted by molar-refractivity contribution is 9.11. The van der Waals surface area contributed by atoms with Crippen molar-refractivity contribution < 1.29 is 4.79 Å². The van der Waals surface area contributed by atoms with E-state index < -0.39 is 5.91 Å². The number of anilines is 3. The van der Waals surface area contributed by atoms with E-state index in [1.54, 1.807) is 6.07 Å².